The average Bonchev–Trinajstić information content (AvgIpc) is 3.11. The van der Waals surface area contributed by atoms with Crippen LogP contribution in [0.1, 0.15) is 37.3 Å². The number of benzene rings is 2. The highest BCUT2D eigenvalue weighted by atomic mass is 35.5. The average molecular weight is 471 g/mol. The second-order valence-electron chi connectivity index (χ2n) is 8.13. The van der Waals surface area contributed by atoms with Crippen molar-refractivity contribution >= 4 is 41.1 Å². The van der Waals surface area contributed by atoms with Gasteiger partial charge in [-0.05, 0) is 48.7 Å². The summed E-state index contributed by atoms with van der Waals surface area (Å²) in [6, 6.07) is 15.2. The minimum atomic E-state index is -1.07. The van der Waals surface area contributed by atoms with E-state index in [0.717, 1.165) is 16.0 Å². The van der Waals surface area contributed by atoms with Gasteiger partial charge >= 0.3 is 11.9 Å². The first kappa shape index (κ1) is 22.6. The third kappa shape index (κ3) is 4.62. The molecule has 0 saturated carbocycles. The molecule has 1 aliphatic carbocycles. The van der Waals surface area contributed by atoms with E-state index in [2.05, 4.69) is 0 Å². The molecule has 2 aromatic carbocycles. The molecule has 32 heavy (non-hydrogen) atoms. The number of hydrogen-bond donors (Lipinski definition) is 0. The molecule has 0 bridgehead atoms. The third-order valence-electron chi connectivity index (χ3n) is 5.50. The Labute approximate surface area is 196 Å². The first-order valence-electron chi connectivity index (χ1n) is 10.4. The maximum atomic E-state index is 13.1. The van der Waals surface area contributed by atoms with Gasteiger partial charge in [0.1, 0.15) is 12.5 Å². The molecular formula is C25H23ClO5S. The molecular weight excluding hydrogens is 448 g/mol. The van der Waals surface area contributed by atoms with Crippen LogP contribution < -0.4 is 0 Å². The van der Waals surface area contributed by atoms with Gasteiger partial charge in [-0.1, -0.05) is 41.9 Å². The fourth-order valence-corrected chi connectivity index (χ4v) is 5.43. The zero-order valence-corrected chi connectivity index (χ0v) is 19.4. The van der Waals surface area contributed by atoms with Gasteiger partial charge in [0.2, 0.25) is 0 Å². The monoisotopic (exact) mass is 470 g/mol. The third-order valence-corrected chi connectivity index (χ3v) is 6.90. The molecule has 0 fully saturated rings. The van der Waals surface area contributed by atoms with E-state index >= 15 is 0 Å². The molecule has 0 saturated heterocycles. The summed E-state index contributed by atoms with van der Waals surface area (Å²) in [6.07, 6.45) is -0.331. The fourth-order valence-electron chi connectivity index (χ4n) is 4.18. The predicted molar refractivity (Wildman–Crippen MR) is 123 cm³/mol. The maximum absolute atomic E-state index is 13.1. The first-order valence-corrected chi connectivity index (χ1v) is 11.8. The molecule has 1 heterocycles. The number of carbonyl (C=O) groups is 3. The van der Waals surface area contributed by atoms with Gasteiger partial charge in [0.25, 0.3) is 0 Å². The highest BCUT2D eigenvalue weighted by molar-refractivity contribution is 7.98. The zero-order chi connectivity index (χ0) is 22.8. The molecule has 0 amide bonds. The van der Waals surface area contributed by atoms with Gasteiger partial charge in [0.05, 0.1) is 6.10 Å². The van der Waals surface area contributed by atoms with Gasteiger partial charge in [-0.3, -0.25) is 9.59 Å². The van der Waals surface area contributed by atoms with Crippen molar-refractivity contribution in [2.24, 2.45) is 5.92 Å². The molecule has 0 N–H and O–H groups in total. The Morgan fingerprint density at radius 2 is 1.97 bits per heavy atom. The predicted octanol–water partition coefficient (Wildman–Crippen LogP) is 5.11. The van der Waals surface area contributed by atoms with E-state index in [0.29, 0.717) is 21.9 Å². The number of halogens is 1. The summed E-state index contributed by atoms with van der Waals surface area (Å²) in [5.74, 6) is -2.46. The highest BCUT2D eigenvalue weighted by Gasteiger charge is 2.49. The van der Waals surface area contributed by atoms with Crippen LogP contribution in [0.2, 0.25) is 5.02 Å². The lowest BCUT2D eigenvalue weighted by Crippen LogP contribution is -2.38. The number of rotatable bonds is 6. The summed E-state index contributed by atoms with van der Waals surface area (Å²) in [5.41, 5.74) is 2.89. The van der Waals surface area contributed by atoms with Gasteiger partial charge in [-0.15, -0.1) is 11.8 Å². The molecule has 2 aromatic rings. The lowest BCUT2D eigenvalue weighted by molar-refractivity contribution is -0.156. The molecule has 0 radical (unpaired) electrons. The van der Waals surface area contributed by atoms with Crippen molar-refractivity contribution in [3.8, 4) is 0 Å². The topological polar surface area (TPSA) is 69.7 Å². The highest BCUT2D eigenvalue weighted by Crippen LogP contribution is 2.46. The number of Topliss-reactive ketones (excluding diaryl/α,β-unsaturated/α-hetero) is 1. The van der Waals surface area contributed by atoms with E-state index in [4.69, 9.17) is 21.1 Å². The standard InChI is InChI=1S/C25H23ClO5S/c1-14(2)31-25(29)23-19(27)11-16-12-30-24(28)21(16)22(23)18-8-3-4-9-20(18)32-13-15-6-5-7-17(26)10-15/h3-10,14,22-23H,11-13H2,1-2H3. The molecule has 0 spiro atoms. The first-order chi connectivity index (χ1) is 15.3. The Hall–Kier alpha value is -2.57. The van der Waals surface area contributed by atoms with E-state index in [1.54, 1.807) is 25.6 Å². The molecule has 2 aliphatic rings. The van der Waals surface area contributed by atoms with E-state index in [9.17, 15) is 14.4 Å². The molecule has 7 heteroatoms. The van der Waals surface area contributed by atoms with Crippen LogP contribution in [0.25, 0.3) is 0 Å². The Kier molecular flexibility index (Phi) is 6.72. The summed E-state index contributed by atoms with van der Waals surface area (Å²) >= 11 is 7.68. The van der Waals surface area contributed by atoms with E-state index in [1.165, 1.54) is 0 Å². The van der Waals surface area contributed by atoms with Gasteiger partial charge in [0.15, 0.2) is 5.78 Å². The van der Waals surface area contributed by atoms with Crippen LogP contribution in [0.15, 0.2) is 64.6 Å². The quantitative estimate of drug-likeness (QED) is 0.332. The lowest BCUT2D eigenvalue weighted by atomic mass is 9.71. The molecule has 166 valence electrons. The zero-order valence-electron chi connectivity index (χ0n) is 17.8. The normalized spacial score (nSPS) is 20.4. The second kappa shape index (κ2) is 9.51. The summed E-state index contributed by atoms with van der Waals surface area (Å²) in [5, 5.41) is 0.661. The smallest absolute Gasteiger partial charge is 0.335 e. The van der Waals surface area contributed by atoms with Gasteiger partial charge in [-0.25, -0.2) is 4.79 Å². The number of thioether (sulfide) groups is 1. The Bertz CT molecular complexity index is 1110. The number of ether oxygens (including phenoxy) is 2. The number of ketones is 1. The Morgan fingerprint density at radius 1 is 1.19 bits per heavy atom. The number of esters is 2. The van der Waals surface area contributed by atoms with Gasteiger partial charge in [-0.2, -0.15) is 0 Å². The molecule has 2 atom stereocenters. The van der Waals surface area contributed by atoms with E-state index < -0.39 is 23.8 Å². The van der Waals surface area contributed by atoms with Crippen LogP contribution in [0.4, 0.5) is 0 Å². The van der Waals surface area contributed by atoms with Crippen LogP contribution in [-0.4, -0.2) is 30.4 Å². The van der Waals surface area contributed by atoms with Gasteiger partial charge in [0, 0.05) is 33.6 Å². The fraction of sp³-hybridized carbons (Fsp3) is 0.320. The van der Waals surface area contributed by atoms with E-state index in [-0.39, 0.29) is 24.9 Å². The maximum Gasteiger partial charge on any atom is 0.335 e. The van der Waals surface area contributed by atoms with Crippen molar-refractivity contribution in [1.29, 1.82) is 0 Å². The summed E-state index contributed by atoms with van der Waals surface area (Å²) in [6.45, 7) is 3.58. The Morgan fingerprint density at radius 3 is 2.72 bits per heavy atom. The minimum absolute atomic E-state index is 0.0350. The largest absolute Gasteiger partial charge is 0.462 e. The molecule has 1 aliphatic heterocycles. The molecule has 0 aromatic heterocycles. The number of carbonyl (C=O) groups excluding carboxylic acids is 3. The second-order valence-corrected chi connectivity index (χ2v) is 9.59. The van der Waals surface area contributed by atoms with E-state index in [1.807, 2.05) is 48.5 Å². The molecule has 2 unspecified atom stereocenters. The summed E-state index contributed by atoms with van der Waals surface area (Å²) in [7, 11) is 0. The SMILES string of the molecule is CC(C)OC(=O)C1C(=O)CC2=C(C(=O)OC2)C1c1ccccc1SCc1cccc(Cl)c1. The van der Waals surface area contributed by atoms with Crippen LogP contribution in [0, 0.1) is 5.92 Å². The summed E-state index contributed by atoms with van der Waals surface area (Å²) in [4.78, 5) is 39.6. The summed E-state index contributed by atoms with van der Waals surface area (Å²) < 4.78 is 10.7. The van der Waals surface area contributed by atoms with Crippen molar-refractivity contribution in [2.75, 3.05) is 6.61 Å². The van der Waals surface area contributed by atoms with Crippen LogP contribution in [0.5, 0.6) is 0 Å². The number of cyclic esters (lactones) is 1. The van der Waals surface area contributed by atoms with Crippen molar-refractivity contribution in [3.63, 3.8) is 0 Å². The van der Waals surface area contributed by atoms with Crippen molar-refractivity contribution < 1.29 is 23.9 Å². The van der Waals surface area contributed by atoms with Crippen LogP contribution in [-0.2, 0) is 29.6 Å². The lowest BCUT2D eigenvalue weighted by Gasteiger charge is -2.31. The van der Waals surface area contributed by atoms with Crippen molar-refractivity contribution in [3.05, 3.63) is 75.8 Å². The van der Waals surface area contributed by atoms with Crippen molar-refractivity contribution in [1.82, 2.24) is 0 Å². The molecule has 4 rings (SSSR count). The van der Waals surface area contributed by atoms with Crippen molar-refractivity contribution in [2.45, 2.75) is 42.9 Å². The Balaban J connectivity index is 1.74. The van der Waals surface area contributed by atoms with Gasteiger partial charge < -0.3 is 9.47 Å². The van der Waals surface area contributed by atoms with Crippen LogP contribution in [0.3, 0.4) is 0 Å². The minimum Gasteiger partial charge on any atom is -0.462 e. The van der Waals surface area contributed by atoms with Crippen LogP contribution >= 0.6 is 23.4 Å². The molecule has 5 nitrogen and oxygen atoms in total. The number of hydrogen-bond acceptors (Lipinski definition) is 6.